The molecule has 0 bridgehead atoms. The molecule has 0 unspecified atom stereocenters. The van der Waals surface area contributed by atoms with Crippen LogP contribution < -0.4 is 0 Å². The summed E-state index contributed by atoms with van der Waals surface area (Å²) in [7, 11) is -2.99. The second kappa shape index (κ2) is 7.70. The number of carbonyl (C=O) groups excluding carboxylic acids is 1. The third-order valence-electron chi connectivity index (χ3n) is 4.51. The fourth-order valence-corrected chi connectivity index (χ4v) is 7.84. The van der Waals surface area contributed by atoms with Gasteiger partial charge in [-0.2, -0.15) is 0 Å². The minimum atomic E-state index is -2.99. The van der Waals surface area contributed by atoms with Crippen LogP contribution in [-0.2, 0) is 9.84 Å². The van der Waals surface area contributed by atoms with E-state index in [1.165, 1.54) is 23.5 Å². The van der Waals surface area contributed by atoms with Gasteiger partial charge < -0.3 is 4.90 Å². The van der Waals surface area contributed by atoms with Gasteiger partial charge in [-0.1, -0.05) is 12.1 Å². The highest BCUT2D eigenvalue weighted by Gasteiger charge is 2.34. The van der Waals surface area contributed by atoms with Crippen LogP contribution in [0, 0.1) is 0 Å². The molecule has 24 heavy (non-hydrogen) atoms. The zero-order valence-electron chi connectivity index (χ0n) is 13.8. The maximum Gasteiger partial charge on any atom is 0.254 e. The van der Waals surface area contributed by atoms with Gasteiger partial charge in [-0.25, -0.2) is 8.42 Å². The first-order valence-corrected chi connectivity index (χ1v) is 12.3. The number of thioether (sulfide) groups is 2. The molecule has 2 aliphatic rings. The van der Waals surface area contributed by atoms with E-state index in [0.717, 1.165) is 0 Å². The lowest BCUT2D eigenvalue weighted by atomic mass is 10.1. The van der Waals surface area contributed by atoms with Gasteiger partial charge in [0.05, 0.1) is 16.1 Å². The average Bonchev–Trinajstić information content (AvgIpc) is 2.96. The normalized spacial score (nSPS) is 24.0. The second-order valence-corrected chi connectivity index (χ2v) is 11.2. The van der Waals surface area contributed by atoms with Crippen molar-refractivity contribution in [3.8, 4) is 0 Å². The first kappa shape index (κ1) is 18.1. The number of carbonyl (C=O) groups is 1. The van der Waals surface area contributed by atoms with Crippen molar-refractivity contribution < 1.29 is 13.2 Å². The molecule has 0 aromatic heterocycles. The minimum absolute atomic E-state index is 0.0601. The molecule has 3 rings (SSSR count). The predicted octanol–water partition coefficient (Wildman–Crippen LogP) is 3.20. The van der Waals surface area contributed by atoms with Gasteiger partial charge in [-0.3, -0.25) is 4.79 Å². The van der Waals surface area contributed by atoms with Crippen LogP contribution in [0.3, 0.4) is 0 Å². The maximum absolute atomic E-state index is 12.8. The van der Waals surface area contributed by atoms with Crippen LogP contribution in [0.1, 0.15) is 40.3 Å². The van der Waals surface area contributed by atoms with Crippen molar-refractivity contribution in [2.24, 2.45) is 0 Å². The minimum Gasteiger partial charge on any atom is -0.335 e. The lowest BCUT2D eigenvalue weighted by Gasteiger charge is -2.27. The van der Waals surface area contributed by atoms with Gasteiger partial charge in [0, 0.05) is 18.2 Å². The SMILES string of the molecule is CCN(C(=O)c1ccc(C2SCCCS2)cc1)[C@@H]1CCS(=O)(=O)C1. The number of benzene rings is 1. The van der Waals surface area contributed by atoms with E-state index >= 15 is 0 Å². The monoisotopic (exact) mass is 385 g/mol. The quantitative estimate of drug-likeness (QED) is 0.797. The summed E-state index contributed by atoms with van der Waals surface area (Å²) < 4.78 is 23.9. The van der Waals surface area contributed by atoms with Crippen molar-refractivity contribution in [2.45, 2.75) is 30.4 Å². The second-order valence-electron chi connectivity index (χ2n) is 6.20. The molecule has 2 aliphatic heterocycles. The van der Waals surface area contributed by atoms with E-state index < -0.39 is 9.84 Å². The van der Waals surface area contributed by atoms with Crippen LogP contribution in [0.25, 0.3) is 0 Å². The Morgan fingerprint density at radius 2 is 1.88 bits per heavy atom. The summed E-state index contributed by atoms with van der Waals surface area (Å²) in [5, 5.41) is 0. The van der Waals surface area contributed by atoms with Gasteiger partial charge in [0.2, 0.25) is 0 Å². The number of hydrogen-bond donors (Lipinski definition) is 0. The highest BCUT2D eigenvalue weighted by Crippen LogP contribution is 2.43. The molecular formula is C17H23NO3S3. The van der Waals surface area contributed by atoms with Crippen LogP contribution in [-0.4, -0.2) is 54.8 Å². The molecule has 7 heteroatoms. The fraction of sp³-hybridized carbons (Fsp3) is 0.588. The lowest BCUT2D eigenvalue weighted by molar-refractivity contribution is 0.0708. The molecule has 0 radical (unpaired) electrons. The number of hydrogen-bond acceptors (Lipinski definition) is 5. The highest BCUT2D eigenvalue weighted by molar-refractivity contribution is 8.16. The first-order chi connectivity index (χ1) is 11.5. The van der Waals surface area contributed by atoms with Crippen LogP contribution >= 0.6 is 23.5 Å². The maximum atomic E-state index is 12.8. The summed E-state index contributed by atoms with van der Waals surface area (Å²) in [6.07, 6.45) is 1.81. The van der Waals surface area contributed by atoms with E-state index in [9.17, 15) is 13.2 Å². The summed E-state index contributed by atoms with van der Waals surface area (Å²) >= 11 is 3.92. The summed E-state index contributed by atoms with van der Waals surface area (Å²) in [6, 6.07) is 7.68. The molecule has 1 atom stereocenters. The van der Waals surface area contributed by atoms with Gasteiger partial charge in [0.15, 0.2) is 9.84 Å². The average molecular weight is 386 g/mol. The molecule has 1 amide bonds. The highest BCUT2D eigenvalue weighted by atomic mass is 32.2. The molecular weight excluding hydrogens is 362 g/mol. The van der Waals surface area contributed by atoms with Gasteiger partial charge in [0.1, 0.15) is 0 Å². The molecule has 0 N–H and O–H groups in total. The first-order valence-electron chi connectivity index (χ1n) is 8.35. The van der Waals surface area contributed by atoms with E-state index in [-0.39, 0.29) is 23.5 Å². The molecule has 2 saturated heterocycles. The molecule has 0 aliphatic carbocycles. The predicted molar refractivity (Wildman–Crippen MR) is 102 cm³/mol. The van der Waals surface area contributed by atoms with Crippen LogP contribution in [0.4, 0.5) is 0 Å². The van der Waals surface area contributed by atoms with Gasteiger partial charge in [0.25, 0.3) is 5.91 Å². The Morgan fingerprint density at radius 3 is 2.42 bits per heavy atom. The number of amides is 1. The van der Waals surface area contributed by atoms with E-state index in [4.69, 9.17) is 0 Å². The largest absolute Gasteiger partial charge is 0.335 e. The van der Waals surface area contributed by atoms with E-state index in [1.54, 1.807) is 4.90 Å². The zero-order chi connectivity index (χ0) is 17.2. The smallest absolute Gasteiger partial charge is 0.254 e. The molecule has 2 heterocycles. The zero-order valence-corrected chi connectivity index (χ0v) is 16.3. The Kier molecular flexibility index (Phi) is 5.82. The Morgan fingerprint density at radius 1 is 1.21 bits per heavy atom. The summed E-state index contributed by atoms with van der Waals surface area (Å²) in [4.78, 5) is 14.5. The van der Waals surface area contributed by atoms with Gasteiger partial charge >= 0.3 is 0 Å². The van der Waals surface area contributed by atoms with Crippen molar-refractivity contribution in [3.05, 3.63) is 35.4 Å². The molecule has 2 fully saturated rings. The number of rotatable bonds is 4. The molecule has 4 nitrogen and oxygen atoms in total. The van der Waals surface area contributed by atoms with E-state index in [2.05, 4.69) is 0 Å². The summed E-state index contributed by atoms with van der Waals surface area (Å²) in [5.41, 5.74) is 1.91. The molecule has 1 aromatic carbocycles. The van der Waals surface area contributed by atoms with Crippen LogP contribution in [0.15, 0.2) is 24.3 Å². The van der Waals surface area contributed by atoms with Crippen molar-refractivity contribution in [1.82, 2.24) is 4.90 Å². The van der Waals surface area contributed by atoms with Crippen molar-refractivity contribution >= 4 is 39.3 Å². The van der Waals surface area contributed by atoms with E-state index in [0.29, 0.717) is 23.1 Å². The van der Waals surface area contributed by atoms with Crippen molar-refractivity contribution in [1.29, 1.82) is 0 Å². The van der Waals surface area contributed by atoms with Gasteiger partial charge in [-0.05, 0) is 49.0 Å². The van der Waals surface area contributed by atoms with Crippen LogP contribution in [0.5, 0.6) is 0 Å². The fourth-order valence-electron chi connectivity index (χ4n) is 3.22. The van der Waals surface area contributed by atoms with Crippen molar-refractivity contribution in [2.75, 3.05) is 29.6 Å². The summed E-state index contributed by atoms with van der Waals surface area (Å²) in [5.74, 6) is 2.61. The molecule has 0 spiro atoms. The molecule has 0 saturated carbocycles. The number of nitrogens with zero attached hydrogens (tertiary/aromatic N) is 1. The Balaban J connectivity index is 1.71. The van der Waals surface area contributed by atoms with Crippen molar-refractivity contribution in [3.63, 3.8) is 0 Å². The Bertz CT molecular complexity index is 682. The lowest BCUT2D eigenvalue weighted by Crippen LogP contribution is -2.40. The van der Waals surface area contributed by atoms with E-state index in [1.807, 2.05) is 54.7 Å². The Hall–Kier alpha value is -0.660. The Labute approximate surface area is 152 Å². The van der Waals surface area contributed by atoms with Gasteiger partial charge in [-0.15, -0.1) is 23.5 Å². The summed E-state index contributed by atoms with van der Waals surface area (Å²) in [6.45, 7) is 2.45. The number of sulfone groups is 1. The van der Waals surface area contributed by atoms with Crippen LogP contribution in [0.2, 0.25) is 0 Å². The topological polar surface area (TPSA) is 54.5 Å². The third kappa shape index (κ3) is 4.11. The standard InChI is InChI=1S/C17H23NO3S3/c1-2-18(15-8-11-24(20,21)12-15)16(19)13-4-6-14(7-5-13)17-22-9-3-10-23-17/h4-7,15,17H,2-3,8-12H2,1H3/t15-/m1/s1. The molecule has 132 valence electrons. The third-order valence-corrected chi connectivity index (χ3v) is 9.27. The molecule has 1 aromatic rings.